The van der Waals surface area contributed by atoms with E-state index in [1.807, 2.05) is 20.0 Å². The average Bonchev–Trinajstić information content (AvgIpc) is 2.27. The zero-order valence-corrected chi connectivity index (χ0v) is 8.74. The van der Waals surface area contributed by atoms with Gasteiger partial charge in [0.05, 0.1) is 0 Å². The van der Waals surface area contributed by atoms with Gasteiger partial charge in [0.1, 0.15) is 5.69 Å². The molecule has 0 saturated carbocycles. The van der Waals surface area contributed by atoms with Crippen LogP contribution in [0.15, 0.2) is 18.3 Å². The Morgan fingerprint density at radius 1 is 1.64 bits per heavy atom. The highest BCUT2D eigenvalue weighted by molar-refractivity contribution is 5.92. The third kappa shape index (κ3) is 2.22. The van der Waals surface area contributed by atoms with Crippen molar-refractivity contribution in [2.75, 3.05) is 26.0 Å². The first-order chi connectivity index (χ1) is 6.69. The smallest absolute Gasteiger partial charge is 0.272 e. The summed E-state index contributed by atoms with van der Waals surface area (Å²) in [5, 5.41) is 2.97. The normalized spacial score (nSPS) is 9.64. The van der Waals surface area contributed by atoms with Crippen molar-refractivity contribution < 1.29 is 4.79 Å². The summed E-state index contributed by atoms with van der Waals surface area (Å²) >= 11 is 0. The summed E-state index contributed by atoms with van der Waals surface area (Å²) in [4.78, 5) is 17.3. The third-order valence-corrected chi connectivity index (χ3v) is 2.09. The van der Waals surface area contributed by atoms with Crippen molar-refractivity contribution in [1.82, 2.24) is 9.88 Å². The number of anilines is 1. The van der Waals surface area contributed by atoms with Crippen molar-refractivity contribution in [3.63, 3.8) is 0 Å². The molecule has 0 aliphatic carbocycles. The van der Waals surface area contributed by atoms with E-state index in [9.17, 15) is 4.79 Å². The summed E-state index contributed by atoms with van der Waals surface area (Å²) in [6.45, 7) is 2.62. The van der Waals surface area contributed by atoms with Crippen molar-refractivity contribution in [2.45, 2.75) is 6.92 Å². The molecule has 1 aromatic rings. The van der Waals surface area contributed by atoms with Crippen LogP contribution in [-0.4, -0.2) is 36.4 Å². The van der Waals surface area contributed by atoms with Crippen LogP contribution in [0.25, 0.3) is 0 Å². The van der Waals surface area contributed by atoms with Gasteiger partial charge in [-0.1, -0.05) is 0 Å². The first-order valence-corrected chi connectivity index (χ1v) is 4.58. The Labute approximate surface area is 83.9 Å². The summed E-state index contributed by atoms with van der Waals surface area (Å²) in [5.74, 6) is -0.0513. The SMILES string of the molecule is CCN(C)C(=O)c1cc(NC)ccn1. The largest absolute Gasteiger partial charge is 0.388 e. The van der Waals surface area contributed by atoms with Gasteiger partial charge in [-0.15, -0.1) is 0 Å². The van der Waals surface area contributed by atoms with Crippen LogP contribution < -0.4 is 5.32 Å². The lowest BCUT2D eigenvalue weighted by Gasteiger charge is -2.13. The standard InChI is InChI=1S/C10H15N3O/c1-4-13(3)10(14)9-7-8(11-2)5-6-12-9/h5-7H,4H2,1-3H3,(H,11,12). The molecule has 4 heteroatoms. The molecule has 0 aliphatic heterocycles. The molecule has 14 heavy (non-hydrogen) atoms. The van der Waals surface area contributed by atoms with Crippen molar-refractivity contribution in [1.29, 1.82) is 0 Å². The molecule has 1 aromatic heterocycles. The predicted molar refractivity (Wildman–Crippen MR) is 56.4 cm³/mol. The number of carbonyl (C=O) groups excluding carboxylic acids is 1. The Bertz CT molecular complexity index is 325. The minimum absolute atomic E-state index is 0.0513. The second-order valence-electron chi connectivity index (χ2n) is 3.00. The van der Waals surface area contributed by atoms with Crippen molar-refractivity contribution in [2.24, 2.45) is 0 Å². The second kappa shape index (κ2) is 4.60. The quantitative estimate of drug-likeness (QED) is 0.785. The lowest BCUT2D eigenvalue weighted by Crippen LogP contribution is -2.27. The van der Waals surface area contributed by atoms with E-state index in [1.54, 1.807) is 24.2 Å². The van der Waals surface area contributed by atoms with Gasteiger partial charge in [0, 0.05) is 32.5 Å². The van der Waals surface area contributed by atoms with Gasteiger partial charge in [0.2, 0.25) is 0 Å². The van der Waals surface area contributed by atoms with Crippen molar-refractivity contribution in [3.05, 3.63) is 24.0 Å². The van der Waals surface area contributed by atoms with Gasteiger partial charge >= 0.3 is 0 Å². The van der Waals surface area contributed by atoms with Gasteiger partial charge in [-0.3, -0.25) is 9.78 Å². The van der Waals surface area contributed by atoms with Crippen LogP contribution in [0.2, 0.25) is 0 Å². The molecule has 0 aromatic carbocycles. The molecule has 1 heterocycles. The van der Waals surface area contributed by atoms with Gasteiger partial charge in [-0.25, -0.2) is 0 Å². The van der Waals surface area contributed by atoms with Crippen molar-refractivity contribution >= 4 is 11.6 Å². The molecule has 0 aliphatic rings. The van der Waals surface area contributed by atoms with E-state index in [2.05, 4.69) is 10.3 Å². The Hall–Kier alpha value is -1.58. The number of hydrogen-bond acceptors (Lipinski definition) is 3. The van der Waals surface area contributed by atoms with E-state index in [-0.39, 0.29) is 5.91 Å². The molecular formula is C10H15N3O. The molecule has 76 valence electrons. The van der Waals surface area contributed by atoms with Crippen molar-refractivity contribution in [3.8, 4) is 0 Å². The van der Waals surface area contributed by atoms with Crippen LogP contribution in [0.4, 0.5) is 5.69 Å². The fourth-order valence-electron chi connectivity index (χ4n) is 1.04. The van der Waals surface area contributed by atoms with Crippen LogP contribution in [0.1, 0.15) is 17.4 Å². The molecule has 0 fully saturated rings. The number of pyridine rings is 1. The summed E-state index contributed by atoms with van der Waals surface area (Å²) < 4.78 is 0. The maximum Gasteiger partial charge on any atom is 0.272 e. The zero-order chi connectivity index (χ0) is 10.6. The molecule has 1 rings (SSSR count). The number of nitrogens with zero attached hydrogens (tertiary/aromatic N) is 2. The van der Waals surface area contributed by atoms with Gasteiger partial charge < -0.3 is 10.2 Å². The minimum Gasteiger partial charge on any atom is -0.388 e. The molecule has 4 nitrogen and oxygen atoms in total. The number of nitrogens with one attached hydrogen (secondary N) is 1. The molecule has 1 amide bonds. The molecular weight excluding hydrogens is 178 g/mol. The molecule has 0 saturated heterocycles. The Morgan fingerprint density at radius 3 is 2.93 bits per heavy atom. The zero-order valence-electron chi connectivity index (χ0n) is 8.74. The Balaban J connectivity index is 2.90. The summed E-state index contributed by atoms with van der Waals surface area (Å²) in [6.07, 6.45) is 1.63. The minimum atomic E-state index is -0.0513. The maximum atomic E-state index is 11.7. The van der Waals surface area contributed by atoms with Crippen LogP contribution in [0, 0.1) is 0 Å². The van der Waals surface area contributed by atoms with Crippen LogP contribution in [0.3, 0.4) is 0 Å². The lowest BCUT2D eigenvalue weighted by atomic mass is 10.3. The monoisotopic (exact) mass is 193 g/mol. The predicted octanol–water partition coefficient (Wildman–Crippen LogP) is 1.22. The van der Waals surface area contributed by atoms with Crippen LogP contribution in [-0.2, 0) is 0 Å². The maximum absolute atomic E-state index is 11.7. The van der Waals surface area contributed by atoms with Gasteiger partial charge in [-0.2, -0.15) is 0 Å². The Kier molecular flexibility index (Phi) is 3.45. The van der Waals surface area contributed by atoms with Gasteiger partial charge in [0.15, 0.2) is 0 Å². The number of rotatable bonds is 3. The second-order valence-corrected chi connectivity index (χ2v) is 3.00. The highest BCUT2D eigenvalue weighted by atomic mass is 16.2. The Morgan fingerprint density at radius 2 is 2.36 bits per heavy atom. The van der Waals surface area contributed by atoms with Gasteiger partial charge in [0.25, 0.3) is 5.91 Å². The lowest BCUT2D eigenvalue weighted by molar-refractivity contribution is 0.0797. The van der Waals surface area contributed by atoms with Gasteiger partial charge in [-0.05, 0) is 19.1 Å². The van der Waals surface area contributed by atoms with E-state index in [0.717, 1.165) is 5.69 Å². The molecule has 0 unspecified atom stereocenters. The van der Waals surface area contributed by atoms with E-state index >= 15 is 0 Å². The molecule has 1 N–H and O–H groups in total. The molecule has 0 atom stereocenters. The van der Waals surface area contributed by atoms with E-state index in [4.69, 9.17) is 0 Å². The number of amides is 1. The van der Waals surface area contributed by atoms with E-state index < -0.39 is 0 Å². The van der Waals surface area contributed by atoms with E-state index in [1.165, 1.54) is 0 Å². The number of aromatic nitrogens is 1. The van der Waals surface area contributed by atoms with Crippen LogP contribution in [0.5, 0.6) is 0 Å². The van der Waals surface area contributed by atoms with Crippen LogP contribution >= 0.6 is 0 Å². The highest BCUT2D eigenvalue weighted by Crippen LogP contribution is 2.08. The summed E-state index contributed by atoms with van der Waals surface area (Å²) in [7, 11) is 3.57. The first-order valence-electron chi connectivity index (χ1n) is 4.58. The van der Waals surface area contributed by atoms with E-state index in [0.29, 0.717) is 12.2 Å². The number of carbonyl (C=O) groups is 1. The number of hydrogen-bond donors (Lipinski definition) is 1. The molecule has 0 radical (unpaired) electrons. The summed E-state index contributed by atoms with van der Waals surface area (Å²) in [6, 6.07) is 3.57. The third-order valence-electron chi connectivity index (χ3n) is 2.09. The topological polar surface area (TPSA) is 45.2 Å². The fraction of sp³-hybridized carbons (Fsp3) is 0.400. The summed E-state index contributed by atoms with van der Waals surface area (Å²) in [5.41, 5.74) is 1.37. The molecule has 0 spiro atoms. The molecule has 0 bridgehead atoms. The highest BCUT2D eigenvalue weighted by Gasteiger charge is 2.11. The average molecular weight is 193 g/mol. The fourth-order valence-corrected chi connectivity index (χ4v) is 1.04. The first kappa shape index (κ1) is 10.5.